The second-order valence-electron chi connectivity index (χ2n) is 15.1. The minimum absolute atomic E-state index is 0.155. The average Bonchev–Trinajstić information content (AvgIpc) is 3.95. The number of aromatic amines is 2. The molecule has 0 fully saturated rings. The van der Waals surface area contributed by atoms with Gasteiger partial charge in [0.2, 0.25) is 0 Å². The summed E-state index contributed by atoms with van der Waals surface area (Å²) in [7, 11) is 0. The maximum Gasteiger partial charge on any atom is 0.274 e. The summed E-state index contributed by atoms with van der Waals surface area (Å²) in [5, 5.41) is 6.02. The molecule has 0 atom stereocenters. The van der Waals surface area contributed by atoms with Crippen LogP contribution in [0.3, 0.4) is 0 Å². The van der Waals surface area contributed by atoms with Crippen LogP contribution in [0.25, 0.3) is 45.1 Å². The minimum atomic E-state index is -0.505. The van der Waals surface area contributed by atoms with E-state index >= 15 is 0 Å². The summed E-state index contributed by atoms with van der Waals surface area (Å²) in [6.07, 6.45) is 13.1. The molecule has 5 aromatic rings. The van der Waals surface area contributed by atoms with Crippen molar-refractivity contribution in [3.8, 4) is 0 Å². The van der Waals surface area contributed by atoms with Crippen molar-refractivity contribution in [3.05, 3.63) is 106 Å². The number of aromatic nitrogens is 10. The van der Waals surface area contributed by atoms with Gasteiger partial charge in [-0.3, -0.25) is 19.6 Å². The average molecular weight is 807 g/mol. The molecule has 0 radical (unpaired) electrons. The molecule has 7 rings (SSSR count). The fourth-order valence-electron chi connectivity index (χ4n) is 7.88. The third-order valence-electron chi connectivity index (χ3n) is 10.5. The molecule has 5 aromatic heterocycles. The second-order valence-corrected chi connectivity index (χ2v) is 15.1. The monoisotopic (exact) mass is 806 g/mol. The molecule has 2 aliphatic rings. The molecule has 60 heavy (non-hydrogen) atoms. The molecule has 0 saturated heterocycles. The zero-order valence-corrected chi connectivity index (χ0v) is 35.5. The molecular weight excluding hydrogens is 753 g/mol. The van der Waals surface area contributed by atoms with Gasteiger partial charge in [0.1, 0.15) is 45.4 Å². The third kappa shape index (κ3) is 8.63. The molecule has 0 aliphatic carbocycles. The van der Waals surface area contributed by atoms with Gasteiger partial charge in [0, 0.05) is 45.8 Å². The maximum absolute atomic E-state index is 14.0. The van der Waals surface area contributed by atoms with E-state index in [1.807, 2.05) is 0 Å². The molecule has 0 saturated carbocycles. The highest BCUT2D eigenvalue weighted by atomic mass is 16.2. The number of amides is 2. The Balaban J connectivity index is 1.63. The van der Waals surface area contributed by atoms with E-state index in [9.17, 15) is 9.59 Å². The van der Waals surface area contributed by atoms with Crippen molar-refractivity contribution < 1.29 is 9.59 Å². The van der Waals surface area contributed by atoms with Gasteiger partial charge in [-0.05, 0) is 62.8 Å². The Morgan fingerprint density at radius 3 is 1.10 bits per heavy atom. The highest BCUT2D eigenvalue weighted by Gasteiger charge is 2.29. The van der Waals surface area contributed by atoms with Crippen molar-refractivity contribution in [1.29, 1.82) is 0 Å². The van der Waals surface area contributed by atoms with Gasteiger partial charge < -0.3 is 20.6 Å². The van der Waals surface area contributed by atoms with E-state index in [1.54, 1.807) is 48.8 Å². The van der Waals surface area contributed by atoms with Crippen LogP contribution in [0.5, 0.6) is 0 Å². The number of rotatable bonds is 16. The van der Waals surface area contributed by atoms with E-state index in [-0.39, 0.29) is 34.4 Å². The number of fused-ring (bicyclic) bond motifs is 8. The van der Waals surface area contributed by atoms with Crippen LogP contribution in [0.2, 0.25) is 0 Å². The predicted octanol–water partition coefficient (Wildman–Crippen LogP) is 8.69. The summed E-state index contributed by atoms with van der Waals surface area (Å²) in [5.41, 5.74) is 9.58. The Labute approximate surface area is 350 Å². The molecule has 7 heterocycles. The van der Waals surface area contributed by atoms with Crippen molar-refractivity contribution in [1.82, 2.24) is 60.5 Å². The summed E-state index contributed by atoms with van der Waals surface area (Å²) in [6.45, 7) is 12.9. The van der Waals surface area contributed by atoms with Crippen LogP contribution in [0, 0.1) is 0 Å². The van der Waals surface area contributed by atoms with Crippen LogP contribution in [-0.2, 0) is 25.7 Å². The van der Waals surface area contributed by atoms with E-state index in [0.29, 0.717) is 34.2 Å². The Morgan fingerprint density at radius 2 is 0.783 bits per heavy atom. The van der Waals surface area contributed by atoms with E-state index < -0.39 is 11.8 Å². The number of nitrogens with one attached hydrogen (secondary N) is 4. The molecular formula is C46H54N12O2. The topological polar surface area (TPSA) is 193 Å². The molecule has 0 unspecified atom stereocenters. The number of carbonyl (C=O) groups excluding carboxylic acids is 2. The van der Waals surface area contributed by atoms with Gasteiger partial charge in [0.15, 0.2) is 23.3 Å². The van der Waals surface area contributed by atoms with Gasteiger partial charge in [0.05, 0.1) is 0 Å². The number of nitrogens with zero attached hydrogens (tertiary/aromatic N) is 8. The van der Waals surface area contributed by atoms with Gasteiger partial charge in [-0.15, -0.1) is 0 Å². The number of hydrogen-bond donors (Lipinski definition) is 4. The van der Waals surface area contributed by atoms with Gasteiger partial charge >= 0.3 is 0 Å². The van der Waals surface area contributed by atoms with E-state index in [0.717, 1.165) is 110 Å². The van der Waals surface area contributed by atoms with Crippen LogP contribution in [-0.4, -0.2) is 61.7 Å². The molecule has 0 aromatic carbocycles. The highest BCUT2D eigenvalue weighted by Crippen LogP contribution is 2.36. The smallest absolute Gasteiger partial charge is 0.274 e. The second kappa shape index (κ2) is 19.1. The number of carbonyl (C=O) groups is 2. The van der Waals surface area contributed by atoms with Crippen molar-refractivity contribution in [2.75, 3.05) is 0 Å². The van der Waals surface area contributed by atoms with Crippen molar-refractivity contribution in [2.45, 2.75) is 119 Å². The summed E-state index contributed by atoms with van der Waals surface area (Å²) in [6, 6.07) is 10.2. The Bertz CT molecular complexity index is 2430. The molecule has 2 aliphatic heterocycles. The minimum Gasteiger partial charge on any atom is -0.324 e. The maximum atomic E-state index is 14.0. The molecule has 8 bridgehead atoms. The van der Waals surface area contributed by atoms with Gasteiger partial charge in [-0.1, -0.05) is 92.2 Å². The fourth-order valence-corrected chi connectivity index (χ4v) is 7.88. The first kappa shape index (κ1) is 41.7. The lowest BCUT2D eigenvalue weighted by Crippen LogP contribution is -2.28. The molecule has 0 spiro atoms. The van der Waals surface area contributed by atoms with Gasteiger partial charge in [-0.25, -0.2) is 29.9 Å². The number of allylic oxidation sites excluding steroid dienone is 2. The van der Waals surface area contributed by atoms with E-state index in [4.69, 9.17) is 29.9 Å². The zero-order chi connectivity index (χ0) is 42.2. The van der Waals surface area contributed by atoms with Gasteiger partial charge in [-0.2, -0.15) is 0 Å². The third-order valence-corrected chi connectivity index (χ3v) is 10.5. The normalized spacial score (nSPS) is 12.6. The predicted molar refractivity (Wildman–Crippen MR) is 235 cm³/mol. The van der Waals surface area contributed by atoms with Gasteiger partial charge in [0.25, 0.3) is 11.8 Å². The molecule has 4 N–H and O–H groups in total. The van der Waals surface area contributed by atoms with Crippen molar-refractivity contribution in [2.24, 2.45) is 0 Å². The Hall–Kier alpha value is -6.44. The summed E-state index contributed by atoms with van der Waals surface area (Å²) in [4.78, 5) is 74.9. The van der Waals surface area contributed by atoms with Crippen LogP contribution in [0.15, 0.2) is 48.8 Å². The lowest BCUT2D eigenvalue weighted by atomic mass is 10.0. The van der Waals surface area contributed by atoms with Crippen LogP contribution >= 0.6 is 0 Å². The molecule has 310 valence electrons. The number of pyridine rings is 2. The van der Waals surface area contributed by atoms with Crippen molar-refractivity contribution in [3.63, 3.8) is 0 Å². The van der Waals surface area contributed by atoms with Crippen LogP contribution in [0.1, 0.15) is 159 Å². The summed E-state index contributed by atoms with van der Waals surface area (Å²) in [5.74, 6) is 0.631. The quantitative estimate of drug-likeness (QED) is 0.0750. The standard InChI is InChI=1S/C46H54N12O2/c1-7-17-27-28(18-8-2)38-51-37(27)52-39-29(19-9-3)31(21-11-5)41(54-39)56-43-35(49-45(59)33-23-13-15-25-47-33)36(50-46(60)34-24-14-16-26-48-34)44(58-43)57-42-32(22-12-6)30(20-10-4)40(53-38)55-42/h13-16,23-26H,7-12,17-22H2,1-6H3,(H,49,59)(H,50,60)(H2,51,52,53,54,55,56,57,58). The Morgan fingerprint density at radius 1 is 0.450 bits per heavy atom. The van der Waals surface area contributed by atoms with Crippen molar-refractivity contribution >= 4 is 56.9 Å². The largest absolute Gasteiger partial charge is 0.324 e. The fraction of sp³-hybridized carbons (Fsp3) is 0.391. The first-order chi connectivity index (χ1) is 29.3. The number of aryl methyl sites for hydroxylation is 4. The molecule has 14 heteroatoms. The Kier molecular flexibility index (Phi) is 13.3. The highest BCUT2D eigenvalue weighted by molar-refractivity contribution is 6.07. The first-order valence-corrected chi connectivity index (χ1v) is 21.5. The molecule has 2 amide bonds. The number of hydrogen-bond acceptors (Lipinski definition) is 10. The van der Waals surface area contributed by atoms with E-state index in [1.165, 1.54) is 0 Å². The van der Waals surface area contributed by atoms with Crippen LogP contribution < -0.4 is 10.6 Å². The lowest BCUT2D eigenvalue weighted by molar-refractivity contribution is 0.0956. The molecule has 14 nitrogen and oxygen atoms in total. The van der Waals surface area contributed by atoms with Crippen LogP contribution in [0.4, 0.5) is 0 Å². The first-order valence-electron chi connectivity index (χ1n) is 21.5. The summed E-state index contributed by atoms with van der Waals surface area (Å²) >= 11 is 0. The SMILES string of the molecule is CCCC1=C(CCC)c2nc1nc1[nH]c(nc3nc(nc4[nH]c(n2)c(CCC)c4CCC)C(NC(=O)c2ccccn2)=C3NC(=O)c2ccccn2)c(CCC)c1CCC. The number of H-pyrrole nitrogens is 2. The summed E-state index contributed by atoms with van der Waals surface area (Å²) < 4.78 is 0. The zero-order valence-electron chi connectivity index (χ0n) is 35.5. The van der Waals surface area contributed by atoms with E-state index in [2.05, 4.69) is 72.1 Å². The lowest BCUT2D eigenvalue weighted by Gasteiger charge is -2.10.